The lowest BCUT2D eigenvalue weighted by molar-refractivity contribution is 0.236. The first-order chi connectivity index (χ1) is 11.5. The normalized spacial score (nSPS) is 23.0. The molecule has 0 amide bonds. The molecule has 0 aliphatic carbocycles. The molecular formula is C17H24N4O2S. The van der Waals surface area contributed by atoms with Gasteiger partial charge in [0.25, 0.3) is 0 Å². The number of rotatable bonds is 3. The van der Waals surface area contributed by atoms with Crippen LogP contribution in [0.5, 0.6) is 0 Å². The first kappa shape index (κ1) is 17.2. The minimum absolute atomic E-state index is 0.00582. The van der Waals surface area contributed by atoms with Gasteiger partial charge in [-0.1, -0.05) is 6.42 Å². The van der Waals surface area contributed by atoms with Crippen LogP contribution in [-0.4, -0.2) is 45.5 Å². The minimum Gasteiger partial charge on any atom is -0.369 e. The van der Waals surface area contributed by atoms with Crippen molar-refractivity contribution in [3.8, 4) is 6.07 Å². The lowest BCUT2D eigenvalue weighted by Crippen LogP contribution is -2.41. The largest absolute Gasteiger partial charge is 0.369 e. The van der Waals surface area contributed by atoms with E-state index in [0.717, 1.165) is 38.3 Å². The molecule has 2 aliphatic rings. The predicted molar refractivity (Wildman–Crippen MR) is 93.2 cm³/mol. The molecule has 0 saturated carbocycles. The van der Waals surface area contributed by atoms with Crippen LogP contribution < -0.4 is 10.0 Å². The highest BCUT2D eigenvalue weighted by Gasteiger charge is 2.27. The number of benzene rings is 1. The van der Waals surface area contributed by atoms with Crippen molar-refractivity contribution in [3.63, 3.8) is 0 Å². The summed E-state index contributed by atoms with van der Waals surface area (Å²) in [5.41, 5.74) is 1.19. The van der Waals surface area contributed by atoms with E-state index in [1.165, 1.54) is 37.8 Å². The Morgan fingerprint density at radius 1 is 1.12 bits per heavy atom. The van der Waals surface area contributed by atoms with Crippen LogP contribution in [0, 0.1) is 11.3 Å². The van der Waals surface area contributed by atoms with E-state index in [4.69, 9.17) is 5.14 Å². The molecule has 2 N–H and O–H groups in total. The minimum atomic E-state index is -3.79. The fourth-order valence-corrected chi connectivity index (χ4v) is 4.34. The number of hydrogen-bond donors (Lipinski definition) is 1. The zero-order chi connectivity index (χ0) is 17.2. The standard InChI is InChI=1S/C17H24N4O2S/c18-12-14-11-16(24(19,22)23)6-7-17(14)21-10-2-1-5-15(13-21)20-8-3-4-9-20/h6-7,11,15H,1-5,8-10,13H2,(H2,19,22,23)/t15-/m0/s1. The average Bonchev–Trinajstić information content (AvgIpc) is 2.98. The molecule has 1 aromatic carbocycles. The molecular weight excluding hydrogens is 324 g/mol. The number of likely N-dealkylation sites (tertiary alicyclic amines) is 1. The summed E-state index contributed by atoms with van der Waals surface area (Å²) in [5.74, 6) is 0. The molecule has 130 valence electrons. The highest BCUT2D eigenvalue weighted by molar-refractivity contribution is 7.89. The van der Waals surface area contributed by atoms with E-state index in [0.29, 0.717) is 11.6 Å². The summed E-state index contributed by atoms with van der Waals surface area (Å²) < 4.78 is 23.0. The fraction of sp³-hybridized carbons (Fsp3) is 0.588. The Hall–Kier alpha value is -1.62. The Morgan fingerprint density at radius 2 is 1.83 bits per heavy atom. The van der Waals surface area contributed by atoms with E-state index >= 15 is 0 Å². The number of primary sulfonamides is 1. The van der Waals surface area contributed by atoms with Crippen LogP contribution in [-0.2, 0) is 10.0 Å². The molecule has 2 heterocycles. The van der Waals surface area contributed by atoms with Gasteiger partial charge in [-0.3, -0.25) is 4.90 Å². The third kappa shape index (κ3) is 3.72. The maximum Gasteiger partial charge on any atom is 0.238 e. The number of nitrogens with two attached hydrogens (primary N) is 1. The Bertz CT molecular complexity index is 735. The Labute approximate surface area is 143 Å². The zero-order valence-corrected chi connectivity index (χ0v) is 14.6. The van der Waals surface area contributed by atoms with E-state index in [2.05, 4.69) is 15.9 Å². The van der Waals surface area contributed by atoms with Crippen LogP contribution in [0.3, 0.4) is 0 Å². The average molecular weight is 348 g/mol. The first-order valence-corrected chi connectivity index (χ1v) is 10.1. The van der Waals surface area contributed by atoms with E-state index in [-0.39, 0.29) is 4.90 Å². The number of nitrogens with zero attached hydrogens (tertiary/aromatic N) is 3. The topological polar surface area (TPSA) is 90.4 Å². The Balaban J connectivity index is 1.87. The SMILES string of the molecule is N#Cc1cc(S(N)(=O)=O)ccc1N1CCCC[C@H](N2CCCC2)C1. The molecule has 2 fully saturated rings. The van der Waals surface area contributed by atoms with Crippen LogP contribution >= 0.6 is 0 Å². The van der Waals surface area contributed by atoms with E-state index in [1.807, 2.05) is 0 Å². The van der Waals surface area contributed by atoms with Crippen molar-refractivity contribution in [3.05, 3.63) is 23.8 Å². The molecule has 0 unspecified atom stereocenters. The highest BCUT2D eigenvalue weighted by atomic mass is 32.2. The van der Waals surface area contributed by atoms with Crippen molar-refractivity contribution in [1.82, 2.24) is 4.90 Å². The third-order valence-electron chi connectivity index (χ3n) is 5.06. The first-order valence-electron chi connectivity index (χ1n) is 8.55. The number of sulfonamides is 1. The molecule has 1 aromatic rings. The second kappa shape index (κ2) is 7.09. The molecule has 0 radical (unpaired) electrons. The van der Waals surface area contributed by atoms with Crippen molar-refractivity contribution >= 4 is 15.7 Å². The van der Waals surface area contributed by atoms with Crippen LogP contribution in [0.25, 0.3) is 0 Å². The van der Waals surface area contributed by atoms with Crippen LogP contribution in [0.2, 0.25) is 0 Å². The molecule has 24 heavy (non-hydrogen) atoms. The number of nitriles is 1. The summed E-state index contributed by atoms with van der Waals surface area (Å²) in [6, 6.07) is 7.27. The molecule has 1 atom stereocenters. The maximum atomic E-state index is 11.5. The van der Waals surface area contributed by atoms with Crippen molar-refractivity contribution in [2.45, 2.75) is 43.0 Å². The predicted octanol–water partition coefficient (Wildman–Crippen LogP) is 1.66. The van der Waals surface area contributed by atoms with Gasteiger partial charge in [0.15, 0.2) is 0 Å². The molecule has 3 rings (SSSR count). The molecule has 0 spiro atoms. The summed E-state index contributed by atoms with van der Waals surface area (Å²) in [6.45, 7) is 4.11. The fourth-order valence-electron chi connectivity index (χ4n) is 3.80. The second-order valence-electron chi connectivity index (χ2n) is 6.67. The summed E-state index contributed by atoms with van der Waals surface area (Å²) in [5, 5.41) is 14.6. The van der Waals surface area contributed by atoms with Gasteiger partial charge in [-0.25, -0.2) is 13.6 Å². The summed E-state index contributed by atoms with van der Waals surface area (Å²) >= 11 is 0. The van der Waals surface area contributed by atoms with E-state index in [1.54, 1.807) is 6.07 Å². The van der Waals surface area contributed by atoms with E-state index < -0.39 is 10.0 Å². The van der Waals surface area contributed by atoms with Gasteiger partial charge in [0.2, 0.25) is 10.0 Å². The zero-order valence-electron chi connectivity index (χ0n) is 13.8. The molecule has 6 nitrogen and oxygen atoms in total. The third-order valence-corrected chi connectivity index (χ3v) is 5.97. The van der Waals surface area contributed by atoms with Gasteiger partial charge in [-0.05, 0) is 57.0 Å². The quantitative estimate of drug-likeness (QED) is 0.897. The van der Waals surface area contributed by atoms with Gasteiger partial charge in [0, 0.05) is 19.1 Å². The molecule has 7 heteroatoms. The molecule has 0 aromatic heterocycles. The summed E-state index contributed by atoms with van der Waals surface area (Å²) in [4.78, 5) is 4.79. The smallest absolute Gasteiger partial charge is 0.238 e. The summed E-state index contributed by atoms with van der Waals surface area (Å²) in [7, 11) is -3.79. The van der Waals surface area contributed by atoms with Gasteiger partial charge >= 0.3 is 0 Å². The second-order valence-corrected chi connectivity index (χ2v) is 8.24. The van der Waals surface area contributed by atoms with Crippen molar-refractivity contribution in [1.29, 1.82) is 5.26 Å². The van der Waals surface area contributed by atoms with Gasteiger partial charge < -0.3 is 4.90 Å². The van der Waals surface area contributed by atoms with Crippen molar-refractivity contribution in [2.24, 2.45) is 5.14 Å². The Morgan fingerprint density at radius 3 is 2.50 bits per heavy atom. The molecule has 0 bridgehead atoms. The lowest BCUT2D eigenvalue weighted by atomic mass is 10.1. The lowest BCUT2D eigenvalue weighted by Gasteiger charge is -2.32. The van der Waals surface area contributed by atoms with E-state index in [9.17, 15) is 13.7 Å². The highest BCUT2D eigenvalue weighted by Crippen LogP contribution is 2.28. The van der Waals surface area contributed by atoms with Gasteiger partial charge in [0.1, 0.15) is 6.07 Å². The van der Waals surface area contributed by atoms with Gasteiger partial charge in [-0.15, -0.1) is 0 Å². The number of hydrogen-bond acceptors (Lipinski definition) is 5. The van der Waals surface area contributed by atoms with Crippen molar-refractivity contribution in [2.75, 3.05) is 31.1 Å². The van der Waals surface area contributed by atoms with Crippen LogP contribution in [0.1, 0.15) is 37.7 Å². The summed E-state index contributed by atoms with van der Waals surface area (Å²) in [6.07, 6.45) is 6.00. The molecule has 2 saturated heterocycles. The molecule has 2 aliphatic heterocycles. The van der Waals surface area contributed by atoms with Gasteiger partial charge in [-0.2, -0.15) is 5.26 Å². The Kier molecular flexibility index (Phi) is 5.09. The number of anilines is 1. The van der Waals surface area contributed by atoms with Crippen LogP contribution in [0.4, 0.5) is 5.69 Å². The van der Waals surface area contributed by atoms with Gasteiger partial charge in [0.05, 0.1) is 16.1 Å². The monoisotopic (exact) mass is 348 g/mol. The van der Waals surface area contributed by atoms with Crippen molar-refractivity contribution < 1.29 is 8.42 Å². The maximum absolute atomic E-state index is 11.5. The van der Waals surface area contributed by atoms with Crippen LogP contribution in [0.15, 0.2) is 23.1 Å².